The SMILES string of the molecule is CS(=O)CC(C)(O)C1OC(=O)C=C2C3(C)C4OC4CC4(C)C(=O)OC(C43)C3OC231. The van der Waals surface area contributed by atoms with Crippen molar-refractivity contribution in [2.75, 3.05) is 12.0 Å². The zero-order chi connectivity index (χ0) is 20.7. The van der Waals surface area contributed by atoms with Crippen molar-refractivity contribution < 1.29 is 37.9 Å². The van der Waals surface area contributed by atoms with Gasteiger partial charge in [0.1, 0.15) is 17.8 Å². The van der Waals surface area contributed by atoms with Gasteiger partial charge in [-0.1, -0.05) is 6.92 Å². The molecule has 1 spiro atoms. The van der Waals surface area contributed by atoms with Crippen molar-refractivity contribution in [2.45, 2.75) is 68.9 Å². The Hall–Kier alpha value is -1.29. The van der Waals surface area contributed by atoms with Crippen LogP contribution in [0.1, 0.15) is 27.2 Å². The topological polar surface area (TPSA) is 115 Å². The molecular weight excluding hydrogens is 400 g/mol. The molecule has 3 saturated heterocycles. The van der Waals surface area contributed by atoms with Gasteiger partial charge in [-0.2, -0.15) is 0 Å². The van der Waals surface area contributed by atoms with E-state index in [9.17, 15) is 18.9 Å². The van der Waals surface area contributed by atoms with Crippen LogP contribution < -0.4 is 0 Å². The van der Waals surface area contributed by atoms with Crippen LogP contribution in [0.4, 0.5) is 0 Å². The molecule has 0 aromatic heterocycles. The summed E-state index contributed by atoms with van der Waals surface area (Å²) < 4.78 is 35.5. The fourth-order valence-electron chi connectivity index (χ4n) is 7.18. The molecule has 0 radical (unpaired) electrons. The van der Waals surface area contributed by atoms with Gasteiger partial charge in [0.25, 0.3) is 0 Å². The van der Waals surface area contributed by atoms with Gasteiger partial charge in [0, 0.05) is 34.5 Å². The fraction of sp³-hybridized carbons (Fsp3) is 0.800. The monoisotopic (exact) mass is 424 g/mol. The van der Waals surface area contributed by atoms with Crippen LogP contribution in [0.3, 0.4) is 0 Å². The van der Waals surface area contributed by atoms with Gasteiger partial charge in [0.15, 0.2) is 11.7 Å². The van der Waals surface area contributed by atoms with Crippen molar-refractivity contribution in [3.8, 4) is 0 Å². The number of rotatable bonds is 3. The highest BCUT2D eigenvalue weighted by atomic mass is 32.2. The fourth-order valence-corrected chi connectivity index (χ4v) is 8.16. The van der Waals surface area contributed by atoms with Crippen molar-refractivity contribution in [2.24, 2.45) is 16.7 Å². The van der Waals surface area contributed by atoms with Crippen LogP contribution in [0.15, 0.2) is 11.6 Å². The van der Waals surface area contributed by atoms with Crippen molar-refractivity contribution in [3.05, 3.63) is 11.6 Å². The number of hydrogen-bond donors (Lipinski definition) is 1. The lowest BCUT2D eigenvalue weighted by molar-refractivity contribution is -0.168. The standard InChI is InChI=1S/C20H24O8S/c1-17-6-8-13(25-8)19(3)9-5-10(21)26-15(18(2,23)7-29(4)24)20(9)14(28-20)11(12(17)19)27-16(17)22/h5,8,11-15,23H,6-7H2,1-4H3. The number of esters is 2. The second kappa shape index (κ2) is 4.95. The number of cyclic esters (lactones) is 1. The average molecular weight is 424 g/mol. The first-order chi connectivity index (χ1) is 13.5. The van der Waals surface area contributed by atoms with Crippen LogP contribution in [-0.2, 0) is 39.3 Å². The van der Waals surface area contributed by atoms with E-state index >= 15 is 0 Å². The lowest BCUT2D eigenvalue weighted by Gasteiger charge is -2.53. The molecule has 4 aliphatic heterocycles. The van der Waals surface area contributed by atoms with Gasteiger partial charge in [0.2, 0.25) is 0 Å². The van der Waals surface area contributed by atoms with Gasteiger partial charge in [-0.3, -0.25) is 9.00 Å². The van der Waals surface area contributed by atoms with Gasteiger partial charge >= 0.3 is 11.9 Å². The molecule has 29 heavy (non-hydrogen) atoms. The van der Waals surface area contributed by atoms with Crippen molar-refractivity contribution >= 4 is 22.7 Å². The zero-order valence-corrected chi connectivity index (χ0v) is 17.5. The van der Waals surface area contributed by atoms with E-state index in [0.717, 1.165) is 5.57 Å². The van der Waals surface area contributed by atoms with Crippen LogP contribution in [0.25, 0.3) is 0 Å². The predicted molar refractivity (Wildman–Crippen MR) is 98.0 cm³/mol. The van der Waals surface area contributed by atoms with Gasteiger partial charge < -0.3 is 24.1 Å². The van der Waals surface area contributed by atoms with Gasteiger partial charge in [-0.15, -0.1) is 0 Å². The quantitative estimate of drug-likeness (QED) is 0.491. The molecular formula is C20H24O8S. The largest absolute Gasteiger partial charge is 0.459 e. The van der Waals surface area contributed by atoms with Crippen LogP contribution in [0.2, 0.25) is 0 Å². The number of ether oxygens (including phenoxy) is 4. The Morgan fingerprint density at radius 2 is 2.00 bits per heavy atom. The Bertz CT molecular complexity index is 927. The van der Waals surface area contributed by atoms with E-state index in [2.05, 4.69) is 0 Å². The lowest BCUT2D eigenvalue weighted by Crippen LogP contribution is -2.66. The molecule has 11 atom stereocenters. The van der Waals surface area contributed by atoms with E-state index in [1.807, 2.05) is 13.8 Å². The van der Waals surface area contributed by atoms with E-state index in [1.165, 1.54) is 19.3 Å². The number of hydrogen-bond acceptors (Lipinski definition) is 8. The molecule has 6 rings (SSSR count). The third-order valence-corrected chi connectivity index (χ3v) is 9.09. The predicted octanol–water partition coefficient (Wildman–Crippen LogP) is -0.156. The maximum absolute atomic E-state index is 12.9. The third-order valence-electron chi connectivity index (χ3n) is 8.10. The van der Waals surface area contributed by atoms with Crippen LogP contribution >= 0.6 is 0 Å². The maximum Gasteiger partial charge on any atom is 0.331 e. The Morgan fingerprint density at radius 1 is 1.28 bits per heavy atom. The molecule has 9 heteroatoms. The van der Waals surface area contributed by atoms with Gasteiger partial charge in [-0.25, -0.2) is 4.79 Å². The highest BCUT2D eigenvalue weighted by Crippen LogP contribution is 2.75. The lowest BCUT2D eigenvalue weighted by atomic mass is 9.47. The molecule has 1 N–H and O–H groups in total. The second-order valence-electron chi connectivity index (χ2n) is 10.1. The highest BCUT2D eigenvalue weighted by molar-refractivity contribution is 7.84. The summed E-state index contributed by atoms with van der Waals surface area (Å²) in [5.74, 6) is -1.08. The van der Waals surface area contributed by atoms with Crippen molar-refractivity contribution in [1.29, 1.82) is 0 Å². The van der Waals surface area contributed by atoms with Crippen LogP contribution in [0.5, 0.6) is 0 Å². The number of carbonyl (C=O) groups excluding carboxylic acids is 2. The minimum absolute atomic E-state index is 0.0685. The van der Waals surface area contributed by atoms with E-state index < -0.39 is 57.1 Å². The summed E-state index contributed by atoms with van der Waals surface area (Å²) in [5.41, 5.74) is -3.30. The van der Waals surface area contributed by atoms with E-state index in [0.29, 0.717) is 6.42 Å². The summed E-state index contributed by atoms with van der Waals surface area (Å²) >= 11 is 0. The molecule has 4 heterocycles. The Kier molecular flexibility index (Phi) is 3.16. The summed E-state index contributed by atoms with van der Waals surface area (Å²) in [4.78, 5) is 25.5. The normalized spacial score (nSPS) is 56.4. The summed E-state index contributed by atoms with van der Waals surface area (Å²) in [6.07, 6.45) is 1.29. The number of epoxide rings is 2. The van der Waals surface area contributed by atoms with E-state index in [1.54, 1.807) is 0 Å². The van der Waals surface area contributed by atoms with Crippen molar-refractivity contribution in [3.63, 3.8) is 0 Å². The van der Waals surface area contributed by atoms with Crippen LogP contribution in [-0.4, -0.2) is 75.0 Å². The molecule has 0 aromatic carbocycles. The van der Waals surface area contributed by atoms with Crippen LogP contribution in [0, 0.1) is 16.7 Å². The molecule has 6 aliphatic rings. The summed E-state index contributed by atoms with van der Waals surface area (Å²) in [6.45, 7) is 5.45. The number of carbonyl (C=O) groups is 2. The molecule has 8 nitrogen and oxygen atoms in total. The molecule has 5 fully saturated rings. The molecule has 0 bridgehead atoms. The average Bonchev–Trinajstić information content (AvgIpc) is 3.48. The molecule has 0 aromatic rings. The number of fused-ring (bicyclic) bond motifs is 4. The van der Waals surface area contributed by atoms with Crippen molar-refractivity contribution in [1.82, 2.24) is 0 Å². The second-order valence-corrected chi connectivity index (χ2v) is 11.6. The summed E-state index contributed by atoms with van der Waals surface area (Å²) in [7, 11) is -1.32. The highest BCUT2D eigenvalue weighted by Gasteiger charge is 2.88. The first-order valence-electron chi connectivity index (χ1n) is 9.96. The zero-order valence-electron chi connectivity index (χ0n) is 16.7. The van der Waals surface area contributed by atoms with Gasteiger partial charge in [0.05, 0.1) is 23.4 Å². The molecule has 2 saturated carbocycles. The first-order valence-corrected chi connectivity index (χ1v) is 11.7. The molecule has 158 valence electrons. The Labute approximate surface area is 170 Å². The minimum Gasteiger partial charge on any atom is -0.459 e. The van der Waals surface area contributed by atoms with Gasteiger partial charge in [-0.05, 0) is 25.8 Å². The third kappa shape index (κ3) is 1.94. The summed E-state index contributed by atoms with van der Waals surface area (Å²) in [5, 5.41) is 11.2. The van der Waals surface area contributed by atoms with E-state index in [-0.39, 0.29) is 29.8 Å². The maximum atomic E-state index is 12.9. The molecule has 11 unspecified atom stereocenters. The smallest absolute Gasteiger partial charge is 0.331 e. The number of aliphatic hydroxyl groups is 1. The Morgan fingerprint density at radius 3 is 2.69 bits per heavy atom. The summed E-state index contributed by atoms with van der Waals surface area (Å²) in [6, 6.07) is 0. The van der Waals surface area contributed by atoms with E-state index in [4.69, 9.17) is 18.9 Å². The Balaban J connectivity index is 1.53. The molecule has 2 aliphatic carbocycles. The molecule has 0 amide bonds. The minimum atomic E-state index is -1.57. The first kappa shape index (κ1) is 18.5.